The van der Waals surface area contributed by atoms with Crippen molar-refractivity contribution >= 4 is 40.8 Å². The molecule has 1 aromatic rings. The minimum Gasteiger partial charge on any atom is -0.466 e. The third kappa shape index (κ3) is 4.55. The zero-order valence-corrected chi connectivity index (χ0v) is 16.1. The second-order valence-electron chi connectivity index (χ2n) is 6.26. The summed E-state index contributed by atoms with van der Waals surface area (Å²) in [6.45, 7) is 5.98. The molecule has 0 spiro atoms. The summed E-state index contributed by atoms with van der Waals surface area (Å²) in [6, 6.07) is 9.62. The first kappa shape index (κ1) is 19.8. The predicted molar refractivity (Wildman–Crippen MR) is 94.3 cm³/mol. The lowest BCUT2D eigenvalue weighted by molar-refractivity contribution is -0.295. The summed E-state index contributed by atoms with van der Waals surface area (Å²) in [5.41, 5.74) is 0.402. The van der Waals surface area contributed by atoms with E-state index in [0.29, 0.717) is 6.61 Å². The molecule has 0 aliphatic carbocycles. The van der Waals surface area contributed by atoms with Gasteiger partial charge in [-0.3, -0.25) is 4.79 Å². The molecular weight excluding hydrogens is 375 g/mol. The molecule has 0 saturated carbocycles. The fourth-order valence-electron chi connectivity index (χ4n) is 2.80. The number of halogens is 3. The summed E-state index contributed by atoms with van der Waals surface area (Å²) in [6.07, 6.45) is -1.94. The minimum atomic E-state index is -1.77. The molecule has 0 N–H and O–H groups in total. The molecule has 134 valence electrons. The Hall–Kier alpha value is -0.520. The zero-order chi connectivity index (χ0) is 18.0. The second kappa shape index (κ2) is 7.79. The molecule has 1 fully saturated rings. The maximum atomic E-state index is 12.0. The van der Waals surface area contributed by atoms with E-state index in [1.54, 1.807) is 6.92 Å². The topological polar surface area (TPSA) is 44.8 Å². The van der Waals surface area contributed by atoms with Crippen molar-refractivity contribution in [3.05, 3.63) is 35.9 Å². The van der Waals surface area contributed by atoms with E-state index in [0.717, 1.165) is 5.56 Å². The third-order valence-corrected chi connectivity index (χ3v) is 4.61. The quantitative estimate of drug-likeness (QED) is 0.541. The molecule has 24 heavy (non-hydrogen) atoms. The average Bonchev–Trinajstić information content (AvgIpc) is 2.49. The van der Waals surface area contributed by atoms with Crippen LogP contribution in [0.25, 0.3) is 0 Å². The van der Waals surface area contributed by atoms with Crippen LogP contribution in [0.3, 0.4) is 0 Å². The lowest BCUT2D eigenvalue weighted by Gasteiger charge is -2.48. The van der Waals surface area contributed by atoms with Crippen molar-refractivity contribution in [2.75, 3.05) is 6.61 Å². The normalized spacial score (nSPS) is 26.8. The molecule has 2 rings (SSSR count). The van der Waals surface area contributed by atoms with Crippen molar-refractivity contribution in [3.63, 3.8) is 0 Å². The molecule has 1 aliphatic heterocycles. The van der Waals surface area contributed by atoms with Crippen molar-refractivity contribution in [2.45, 2.75) is 49.5 Å². The number of hydrogen-bond donors (Lipinski definition) is 0. The Kier molecular flexibility index (Phi) is 6.43. The Morgan fingerprint density at radius 3 is 2.38 bits per heavy atom. The highest BCUT2D eigenvalue weighted by Crippen LogP contribution is 2.50. The number of carbonyl (C=O) groups excluding carboxylic acids is 1. The monoisotopic (exact) mass is 394 g/mol. The number of rotatable bonds is 4. The first-order chi connectivity index (χ1) is 11.2. The molecule has 0 unspecified atom stereocenters. The fourth-order valence-corrected chi connectivity index (χ4v) is 3.11. The molecule has 0 amide bonds. The molecular formula is C17H21Cl3O4. The van der Waals surface area contributed by atoms with Crippen LogP contribution in [0.2, 0.25) is 0 Å². The molecule has 7 heteroatoms. The Morgan fingerprint density at radius 2 is 1.83 bits per heavy atom. The lowest BCUT2D eigenvalue weighted by atomic mass is 9.75. The standard InChI is InChI=1S/C17H21Cl3O4/c1-4-22-13(21)10-12-16(2,3)14(11-8-6-5-7-9-11)24-15(23-12)17(18,19)20/h5-9,12,14-15H,4,10H2,1-3H3/t12-,14-,15-/m0/s1. The van der Waals surface area contributed by atoms with Crippen LogP contribution in [0.5, 0.6) is 0 Å². The van der Waals surface area contributed by atoms with E-state index in [1.165, 1.54) is 0 Å². The van der Waals surface area contributed by atoms with Gasteiger partial charge in [0.25, 0.3) is 0 Å². The molecule has 1 aliphatic rings. The van der Waals surface area contributed by atoms with E-state index in [4.69, 9.17) is 49.0 Å². The van der Waals surface area contributed by atoms with E-state index >= 15 is 0 Å². The SMILES string of the molecule is CCOC(=O)C[C@@H]1O[C@H](C(Cl)(Cl)Cl)O[C@@H](c2ccccc2)C1(C)C. The second-order valence-corrected chi connectivity index (χ2v) is 8.62. The van der Waals surface area contributed by atoms with Crippen LogP contribution in [-0.2, 0) is 19.0 Å². The predicted octanol–water partition coefficient (Wildman–Crippen LogP) is 4.82. The Bertz CT molecular complexity index is 557. The van der Waals surface area contributed by atoms with E-state index in [-0.39, 0.29) is 12.4 Å². The van der Waals surface area contributed by atoms with Gasteiger partial charge in [-0.2, -0.15) is 0 Å². The van der Waals surface area contributed by atoms with Crippen LogP contribution < -0.4 is 0 Å². The number of carbonyl (C=O) groups is 1. The number of hydrogen-bond acceptors (Lipinski definition) is 4. The number of ether oxygens (including phenoxy) is 3. The van der Waals surface area contributed by atoms with Crippen LogP contribution in [-0.4, -0.2) is 28.8 Å². The largest absolute Gasteiger partial charge is 0.466 e. The van der Waals surface area contributed by atoms with Crippen molar-refractivity contribution in [3.8, 4) is 0 Å². The molecule has 0 radical (unpaired) electrons. The van der Waals surface area contributed by atoms with Gasteiger partial charge in [0.15, 0.2) is 0 Å². The number of esters is 1. The average molecular weight is 396 g/mol. The van der Waals surface area contributed by atoms with Gasteiger partial charge in [0.05, 0.1) is 25.2 Å². The van der Waals surface area contributed by atoms with Crippen LogP contribution in [0.1, 0.15) is 38.9 Å². The molecule has 1 saturated heterocycles. The highest BCUT2D eigenvalue weighted by molar-refractivity contribution is 6.67. The highest BCUT2D eigenvalue weighted by Gasteiger charge is 2.52. The van der Waals surface area contributed by atoms with Crippen LogP contribution >= 0.6 is 34.8 Å². The fraction of sp³-hybridized carbons (Fsp3) is 0.588. The summed E-state index contributed by atoms with van der Waals surface area (Å²) in [5, 5.41) is 0. The maximum Gasteiger partial charge on any atom is 0.308 e. The highest BCUT2D eigenvalue weighted by atomic mass is 35.6. The number of benzene rings is 1. The Labute approximate surface area is 157 Å². The molecule has 3 atom stereocenters. The van der Waals surface area contributed by atoms with Crippen molar-refractivity contribution in [2.24, 2.45) is 5.41 Å². The van der Waals surface area contributed by atoms with Gasteiger partial charge >= 0.3 is 5.97 Å². The van der Waals surface area contributed by atoms with Gasteiger partial charge in [0.1, 0.15) is 0 Å². The van der Waals surface area contributed by atoms with Crippen molar-refractivity contribution < 1.29 is 19.0 Å². The Morgan fingerprint density at radius 1 is 1.21 bits per heavy atom. The first-order valence-electron chi connectivity index (χ1n) is 7.74. The van der Waals surface area contributed by atoms with Gasteiger partial charge in [-0.15, -0.1) is 0 Å². The summed E-state index contributed by atoms with van der Waals surface area (Å²) in [7, 11) is 0. The maximum absolute atomic E-state index is 12.0. The van der Waals surface area contributed by atoms with Gasteiger partial charge in [-0.05, 0) is 12.5 Å². The summed E-state index contributed by atoms with van der Waals surface area (Å²) in [5.74, 6) is -0.354. The molecule has 1 aromatic carbocycles. The van der Waals surface area contributed by atoms with Crippen LogP contribution in [0, 0.1) is 5.41 Å². The summed E-state index contributed by atoms with van der Waals surface area (Å²) in [4.78, 5) is 12.0. The van der Waals surface area contributed by atoms with Gasteiger partial charge in [-0.25, -0.2) is 0 Å². The van der Waals surface area contributed by atoms with E-state index in [1.807, 2.05) is 44.2 Å². The first-order valence-corrected chi connectivity index (χ1v) is 8.87. The minimum absolute atomic E-state index is 0.0603. The number of alkyl halides is 3. The third-order valence-electron chi connectivity index (χ3n) is 4.08. The van der Waals surface area contributed by atoms with Gasteiger partial charge < -0.3 is 14.2 Å². The molecule has 1 heterocycles. The van der Waals surface area contributed by atoms with Gasteiger partial charge in [-0.1, -0.05) is 79.0 Å². The van der Waals surface area contributed by atoms with Gasteiger partial charge in [0, 0.05) is 5.41 Å². The molecule has 4 nitrogen and oxygen atoms in total. The van der Waals surface area contributed by atoms with Gasteiger partial charge in [0.2, 0.25) is 10.1 Å². The van der Waals surface area contributed by atoms with E-state index in [2.05, 4.69) is 0 Å². The molecule has 0 bridgehead atoms. The van der Waals surface area contributed by atoms with Crippen LogP contribution in [0.15, 0.2) is 30.3 Å². The van der Waals surface area contributed by atoms with Crippen molar-refractivity contribution in [1.82, 2.24) is 0 Å². The van der Waals surface area contributed by atoms with E-state index in [9.17, 15) is 4.79 Å². The van der Waals surface area contributed by atoms with E-state index < -0.39 is 27.7 Å². The zero-order valence-electron chi connectivity index (χ0n) is 13.8. The summed E-state index contributed by atoms with van der Waals surface area (Å²) >= 11 is 18.0. The summed E-state index contributed by atoms with van der Waals surface area (Å²) < 4.78 is 15.0. The molecule has 0 aromatic heterocycles. The Balaban J connectivity index is 2.33. The van der Waals surface area contributed by atoms with Crippen molar-refractivity contribution in [1.29, 1.82) is 0 Å². The van der Waals surface area contributed by atoms with Crippen LogP contribution in [0.4, 0.5) is 0 Å². The smallest absolute Gasteiger partial charge is 0.308 e. The lowest BCUT2D eigenvalue weighted by Crippen LogP contribution is -2.52.